The molecule has 4 aromatic rings. The second-order valence-electron chi connectivity index (χ2n) is 10.3. The van der Waals surface area contributed by atoms with Crippen molar-refractivity contribution >= 4 is 23.1 Å². The van der Waals surface area contributed by atoms with Crippen LogP contribution in [0.4, 0.5) is 5.69 Å². The molecule has 4 aromatic carbocycles. The molecular formula is C35H33NO5. The van der Waals surface area contributed by atoms with Crippen LogP contribution in [-0.2, 0) is 9.59 Å². The van der Waals surface area contributed by atoms with Gasteiger partial charge in [0.1, 0.15) is 23.0 Å². The van der Waals surface area contributed by atoms with Gasteiger partial charge in [0.2, 0.25) is 0 Å². The largest absolute Gasteiger partial charge is 0.507 e. The maximum atomic E-state index is 13.6. The van der Waals surface area contributed by atoms with Gasteiger partial charge in [0, 0.05) is 11.3 Å². The summed E-state index contributed by atoms with van der Waals surface area (Å²) in [7, 11) is 0. The molecule has 1 unspecified atom stereocenters. The molecule has 1 aliphatic heterocycles. The van der Waals surface area contributed by atoms with Gasteiger partial charge in [-0.15, -0.1) is 0 Å². The van der Waals surface area contributed by atoms with E-state index in [1.807, 2.05) is 88.4 Å². The van der Waals surface area contributed by atoms with Crippen molar-refractivity contribution in [1.82, 2.24) is 0 Å². The number of Topliss-reactive ketones (excluding diaryl/α,β-unsaturated/α-hetero) is 1. The number of nitrogens with zero attached hydrogens (tertiary/aromatic N) is 1. The fraction of sp³-hybridized carbons (Fsp3) is 0.200. The lowest BCUT2D eigenvalue weighted by Gasteiger charge is -2.26. The number of anilines is 1. The van der Waals surface area contributed by atoms with E-state index in [9.17, 15) is 14.7 Å². The summed E-state index contributed by atoms with van der Waals surface area (Å²) in [5.41, 5.74) is 3.63. The van der Waals surface area contributed by atoms with Gasteiger partial charge in [-0.3, -0.25) is 14.5 Å². The molecule has 6 nitrogen and oxygen atoms in total. The molecule has 0 bridgehead atoms. The van der Waals surface area contributed by atoms with Crippen LogP contribution in [0.2, 0.25) is 0 Å². The van der Waals surface area contributed by atoms with Gasteiger partial charge < -0.3 is 14.6 Å². The number of para-hydroxylation sites is 1. The highest BCUT2D eigenvalue weighted by Crippen LogP contribution is 2.43. The lowest BCUT2D eigenvalue weighted by atomic mass is 9.92. The molecule has 6 heteroatoms. The lowest BCUT2D eigenvalue weighted by Crippen LogP contribution is -2.29. The van der Waals surface area contributed by atoms with Crippen molar-refractivity contribution in [2.75, 3.05) is 11.5 Å². The van der Waals surface area contributed by atoms with Gasteiger partial charge in [-0.1, -0.05) is 61.9 Å². The third-order valence-electron chi connectivity index (χ3n) is 7.10. The van der Waals surface area contributed by atoms with E-state index in [1.54, 1.807) is 36.4 Å². The van der Waals surface area contributed by atoms with Gasteiger partial charge in [0.05, 0.1) is 18.2 Å². The van der Waals surface area contributed by atoms with E-state index in [1.165, 1.54) is 4.90 Å². The third kappa shape index (κ3) is 5.59. The van der Waals surface area contributed by atoms with Crippen molar-refractivity contribution in [3.05, 3.63) is 125 Å². The van der Waals surface area contributed by atoms with Gasteiger partial charge >= 0.3 is 0 Å². The summed E-state index contributed by atoms with van der Waals surface area (Å²) in [5, 5.41) is 11.6. The topological polar surface area (TPSA) is 76.1 Å². The third-order valence-corrected chi connectivity index (χ3v) is 7.10. The average molecular weight is 548 g/mol. The first kappa shape index (κ1) is 27.7. The number of aliphatic hydroxyl groups is 1. The van der Waals surface area contributed by atoms with Crippen molar-refractivity contribution in [2.45, 2.75) is 39.7 Å². The number of hydrogen-bond acceptors (Lipinski definition) is 5. The lowest BCUT2D eigenvalue weighted by molar-refractivity contribution is -0.132. The number of carbonyl (C=O) groups is 2. The van der Waals surface area contributed by atoms with E-state index in [2.05, 4.69) is 0 Å². The van der Waals surface area contributed by atoms with Crippen LogP contribution in [0.1, 0.15) is 55.0 Å². The van der Waals surface area contributed by atoms with Crippen LogP contribution in [0.5, 0.6) is 17.2 Å². The molecule has 1 N–H and O–H groups in total. The Morgan fingerprint density at radius 3 is 2.24 bits per heavy atom. The van der Waals surface area contributed by atoms with Gasteiger partial charge in [-0.2, -0.15) is 0 Å². The molecule has 1 saturated heterocycles. The summed E-state index contributed by atoms with van der Waals surface area (Å²) < 4.78 is 11.7. The van der Waals surface area contributed by atoms with Crippen molar-refractivity contribution in [1.29, 1.82) is 0 Å². The molecule has 5 rings (SSSR count). The van der Waals surface area contributed by atoms with Crippen LogP contribution in [0.25, 0.3) is 5.76 Å². The monoisotopic (exact) mass is 547 g/mol. The van der Waals surface area contributed by atoms with Crippen molar-refractivity contribution in [3.63, 3.8) is 0 Å². The second-order valence-corrected chi connectivity index (χ2v) is 10.3. The highest BCUT2D eigenvalue weighted by molar-refractivity contribution is 6.51. The van der Waals surface area contributed by atoms with E-state index in [-0.39, 0.29) is 17.3 Å². The standard InChI is InChI=1S/C35H33NO5/c1-5-40-30-19-14-25(21-29(30)22(2)3)33(37)31-32(24-11-9-10-23(4)20-24)36(35(39)34(31)38)26-15-17-28(18-16-26)41-27-12-7-6-8-13-27/h6-22,32,37H,5H2,1-4H3/b33-31-. The highest BCUT2D eigenvalue weighted by atomic mass is 16.5. The number of ketones is 1. The Morgan fingerprint density at radius 1 is 0.878 bits per heavy atom. The van der Waals surface area contributed by atoms with Gasteiger partial charge in [-0.25, -0.2) is 0 Å². The molecular weight excluding hydrogens is 514 g/mol. The Hall–Kier alpha value is -4.84. The number of aliphatic hydroxyl groups excluding tert-OH is 1. The summed E-state index contributed by atoms with van der Waals surface area (Å²) in [6.45, 7) is 8.46. The average Bonchev–Trinajstić information content (AvgIpc) is 3.24. The predicted molar refractivity (Wildman–Crippen MR) is 161 cm³/mol. The fourth-order valence-electron chi connectivity index (χ4n) is 5.14. The zero-order valence-electron chi connectivity index (χ0n) is 23.6. The summed E-state index contributed by atoms with van der Waals surface area (Å²) in [5.74, 6) is 0.481. The molecule has 1 atom stereocenters. The predicted octanol–water partition coefficient (Wildman–Crippen LogP) is 7.94. The molecule has 1 aliphatic rings. The van der Waals surface area contributed by atoms with E-state index >= 15 is 0 Å². The zero-order chi connectivity index (χ0) is 29.1. The molecule has 0 aromatic heterocycles. The van der Waals surface area contributed by atoms with Crippen LogP contribution in [0, 0.1) is 6.92 Å². The second kappa shape index (κ2) is 11.7. The number of rotatable bonds is 8. The maximum Gasteiger partial charge on any atom is 0.300 e. The molecule has 0 radical (unpaired) electrons. The number of carbonyl (C=O) groups excluding carboxylic acids is 2. The van der Waals surface area contributed by atoms with Gasteiger partial charge in [0.15, 0.2) is 0 Å². The molecule has 0 saturated carbocycles. The minimum Gasteiger partial charge on any atom is -0.507 e. The maximum absolute atomic E-state index is 13.6. The SMILES string of the molecule is CCOc1ccc(/C(O)=C2/C(=O)C(=O)N(c3ccc(Oc4ccccc4)cc3)C2c2cccc(C)c2)cc1C(C)C. The molecule has 41 heavy (non-hydrogen) atoms. The smallest absolute Gasteiger partial charge is 0.300 e. The first-order valence-electron chi connectivity index (χ1n) is 13.8. The molecule has 0 aliphatic carbocycles. The number of ether oxygens (including phenoxy) is 2. The van der Waals surface area contributed by atoms with Crippen LogP contribution in [0.15, 0.2) is 103 Å². The molecule has 1 amide bonds. The highest BCUT2D eigenvalue weighted by Gasteiger charge is 2.47. The molecule has 0 spiro atoms. The zero-order valence-corrected chi connectivity index (χ0v) is 23.6. The molecule has 208 valence electrons. The Morgan fingerprint density at radius 2 is 1.59 bits per heavy atom. The van der Waals surface area contributed by atoms with Crippen molar-refractivity contribution in [2.24, 2.45) is 0 Å². The number of hydrogen-bond donors (Lipinski definition) is 1. The Balaban J connectivity index is 1.60. The Labute approximate surface area is 240 Å². The van der Waals surface area contributed by atoms with E-state index < -0.39 is 17.7 Å². The summed E-state index contributed by atoms with van der Waals surface area (Å²) in [4.78, 5) is 28.7. The van der Waals surface area contributed by atoms with E-state index in [4.69, 9.17) is 9.47 Å². The van der Waals surface area contributed by atoms with Gasteiger partial charge in [0.25, 0.3) is 11.7 Å². The Kier molecular flexibility index (Phi) is 7.92. The quantitative estimate of drug-likeness (QED) is 0.138. The summed E-state index contributed by atoms with van der Waals surface area (Å²) in [6, 6.07) is 28.6. The normalized spacial score (nSPS) is 16.3. The fourth-order valence-corrected chi connectivity index (χ4v) is 5.14. The summed E-state index contributed by atoms with van der Waals surface area (Å²) >= 11 is 0. The van der Waals surface area contributed by atoms with Crippen molar-refractivity contribution in [3.8, 4) is 17.2 Å². The molecule has 1 fully saturated rings. The molecule has 1 heterocycles. The van der Waals surface area contributed by atoms with Gasteiger partial charge in [-0.05, 0) is 85.5 Å². The number of amides is 1. The first-order valence-corrected chi connectivity index (χ1v) is 13.8. The number of aryl methyl sites for hydroxylation is 1. The van der Waals surface area contributed by atoms with Crippen molar-refractivity contribution < 1.29 is 24.2 Å². The van der Waals surface area contributed by atoms with Crippen LogP contribution in [-0.4, -0.2) is 23.4 Å². The van der Waals surface area contributed by atoms with Crippen LogP contribution >= 0.6 is 0 Å². The van der Waals surface area contributed by atoms with E-state index in [0.717, 1.165) is 22.4 Å². The minimum atomic E-state index is -0.815. The summed E-state index contributed by atoms with van der Waals surface area (Å²) in [6.07, 6.45) is 0. The van der Waals surface area contributed by atoms with E-state index in [0.29, 0.717) is 29.4 Å². The van der Waals surface area contributed by atoms with Crippen LogP contribution in [0.3, 0.4) is 0 Å². The Bertz CT molecular complexity index is 1610. The first-order chi connectivity index (χ1) is 19.8. The van der Waals surface area contributed by atoms with Crippen LogP contribution < -0.4 is 14.4 Å². The number of benzene rings is 4. The minimum absolute atomic E-state index is 0.0454.